The molecule has 0 fully saturated rings. The molecular formula is C26H22N2. The van der Waals surface area contributed by atoms with Crippen molar-refractivity contribution in [2.45, 2.75) is 19.3 Å². The number of pyridine rings is 2. The third-order valence-corrected chi connectivity index (χ3v) is 6.22. The fourth-order valence-electron chi connectivity index (χ4n) is 4.43. The van der Waals surface area contributed by atoms with Crippen LogP contribution in [-0.4, -0.2) is 9.97 Å². The van der Waals surface area contributed by atoms with Crippen molar-refractivity contribution in [2.75, 3.05) is 0 Å². The predicted octanol–water partition coefficient (Wildman–Crippen LogP) is 6.33. The predicted molar refractivity (Wildman–Crippen MR) is 117 cm³/mol. The summed E-state index contributed by atoms with van der Waals surface area (Å²) in [6, 6.07) is 21.2. The smallest absolute Gasteiger partial charge is 0.0743 e. The van der Waals surface area contributed by atoms with E-state index in [0.29, 0.717) is 0 Å². The molecule has 0 saturated heterocycles. The zero-order valence-electron chi connectivity index (χ0n) is 16.1. The Kier molecular flexibility index (Phi) is 3.87. The molecule has 2 nitrogen and oxygen atoms in total. The van der Waals surface area contributed by atoms with E-state index < -0.39 is 0 Å². The van der Waals surface area contributed by atoms with Crippen LogP contribution in [0.3, 0.4) is 0 Å². The standard InChI is InChI=1S/C26H22N2/c1-18-21(24-22-10-5-3-8-19(22)13-16-27-24)12-7-15-26(18,2)25-23-11-6-4-9-20(23)14-17-28-25/h3-18H,1-2H3. The Bertz CT molecular complexity index is 1240. The summed E-state index contributed by atoms with van der Waals surface area (Å²) in [5.74, 6) is 0.245. The lowest BCUT2D eigenvalue weighted by Crippen LogP contribution is -2.32. The van der Waals surface area contributed by atoms with Crippen LogP contribution in [0, 0.1) is 5.92 Å². The summed E-state index contributed by atoms with van der Waals surface area (Å²) in [5, 5.41) is 4.87. The molecule has 2 aromatic heterocycles. The molecule has 0 spiro atoms. The lowest BCUT2D eigenvalue weighted by atomic mass is 9.67. The molecule has 2 unspecified atom stereocenters. The summed E-state index contributed by atoms with van der Waals surface area (Å²) in [6.45, 7) is 4.59. The van der Waals surface area contributed by atoms with Gasteiger partial charge in [-0.2, -0.15) is 0 Å². The Morgan fingerprint density at radius 3 is 2.21 bits per heavy atom. The van der Waals surface area contributed by atoms with Crippen LogP contribution >= 0.6 is 0 Å². The number of aromatic nitrogens is 2. The highest BCUT2D eigenvalue weighted by Crippen LogP contribution is 2.45. The minimum absolute atomic E-state index is 0.205. The van der Waals surface area contributed by atoms with Gasteiger partial charge in [-0.05, 0) is 41.3 Å². The molecular weight excluding hydrogens is 340 g/mol. The van der Waals surface area contributed by atoms with Gasteiger partial charge in [-0.25, -0.2) is 0 Å². The lowest BCUT2D eigenvalue weighted by Gasteiger charge is -2.37. The second kappa shape index (κ2) is 6.42. The van der Waals surface area contributed by atoms with Crippen LogP contribution in [0.5, 0.6) is 0 Å². The minimum Gasteiger partial charge on any atom is -0.260 e. The van der Waals surface area contributed by atoms with Gasteiger partial charge >= 0.3 is 0 Å². The Hall–Kier alpha value is -3.26. The summed E-state index contributed by atoms with van der Waals surface area (Å²) < 4.78 is 0. The van der Waals surface area contributed by atoms with Gasteiger partial charge in [-0.15, -0.1) is 0 Å². The molecule has 0 radical (unpaired) electrons. The van der Waals surface area contributed by atoms with Crippen LogP contribution in [-0.2, 0) is 5.41 Å². The highest BCUT2D eigenvalue weighted by Gasteiger charge is 2.38. The van der Waals surface area contributed by atoms with E-state index >= 15 is 0 Å². The second-order valence-electron chi connectivity index (χ2n) is 7.75. The first-order chi connectivity index (χ1) is 13.7. The van der Waals surface area contributed by atoms with Gasteiger partial charge in [0.25, 0.3) is 0 Å². The molecule has 0 bridgehead atoms. The van der Waals surface area contributed by atoms with Gasteiger partial charge in [0.05, 0.1) is 11.4 Å². The first-order valence-electron chi connectivity index (χ1n) is 9.76. The Morgan fingerprint density at radius 1 is 0.786 bits per heavy atom. The number of allylic oxidation sites excluding steroid dienone is 4. The van der Waals surface area contributed by atoms with Crippen molar-refractivity contribution in [1.29, 1.82) is 0 Å². The van der Waals surface area contributed by atoms with E-state index in [9.17, 15) is 0 Å². The molecule has 0 aliphatic heterocycles. The van der Waals surface area contributed by atoms with Crippen LogP contribution in [0.2, 0.25) is 0 Å². The van der Waals surface area contributed by atoms with Crippen molar-refractivity contribution in [1.82, 2.24) is 9.97 Å². The summed E-state index contributed by atoms with van der Waals surface area (Å²) in [6.07, 6.45) is 10.5. The van der Waals surface area contributed by atoms with Crippen molar-refractivity contribution in [3.63, 3.8) is 0 Å². The first-order valence-corrected chi connectivity index (χ1v) is 9.76. The fourth-order valence-corrected chi connectivity index (χ4v) is 4.43. The lowest BCUT2D eigenvalue weighted by molar-refractivity contribution is 0.461. The van der Waals surface area contributed by atoms with Crippen LogP contribution in [0.4, 0.5) is 0 Å². The van der Waals surface area contributed by atoms with Crippen molar-refractivity contribution < 1.29 is 0 Å². The summed E-state index contributed by atoms with van der Waals surface area (Å²) in [7, 11) is 0. The van der Waals surface area contributed by atoms with Gasteiger partial charge in [-0.3, -0.25) is 9.97 Å². The molecule has 4 aromatic rings. The highest BCUT2D eigenvalue weighted by atomic mass is 14.7. The molecule has 136 valence electrons. The summed E-state index contributed by atoms with van der Waals surface area (Å²) in [4.78, 5) is 9.62. The van der Waals surface area contributed by atoms with E-state index in [4.69, 9.17) is 9.97 Å². The van der Waals surface area contributed by atoms with Crippen LogP contribution in [0.25, 0.3) is 27.1 Å². The molecule has 1 aliphatic rings. The molecule has 28 heavy (non-hydrogen) atoms. The largest absolute Gasteiger partial charge is 0.260 e. The Labute approximate surface area is 165 Å². The maximum atomic E-state index is 4.84. The zero-order chi connectivity index (χ0) is 19.1. The number of benzene rings is 2. The number of fused-ring (bicyclic) bond motifs is 2. The maximum absolute atomic E-state index is 4.84. The molecule has 0 N–H and O–H groups in total. The zero-order valence-corrected chi connectivity index (χ0v) is 16.1. The molecule has 2 aromatic carbocycles. The quantitative estimate of drug-likeness (QED) is 0.416. The molecule has 0 amide bonds. The molecule has 2 atom stereocenters. The Morgan fingerprint density at radius 2 is 1.43 bits per heavy atom. The third-order valence-electron chi connectivity index (χ3n) is 6.22. The third kappa shape index (κ3) is 2.49. The molecule has 1 aliphatic carbocycles. The first kappa shape index (κ1) is 16.9. The number of hydrogen-bond donors (Lipinski definition) is 0. The average molecular weight is 362 g/mol. The van der Waals surface area contributed by atoms with E-state index in [1.54, 1.807) is 0 Å². The molecule has 2 heteroatoms. The average Bonchev–Trinajstić information content (AvgIpc) is 2.75. The van der Waals surface area contributed by atoms with Gasteiger partial charge in [-0.1, -0.05) is 73.7 Å². The van der Waals surface area contributed by atoms with Gasteiger partial charge in [0.1, 0.15) is 0 Å². The summed E-state index contributed by atoms with van der Waals surface area (Å²) in [5.41, 5.74) is 3.25. The van der Waals surface area contributed by atoms with E-state index in [1.165, 1.54) is 27.1 Å². The van der Waals surface area contributed by atoms with Gasteiger partial charge < -0.3 is 0 Å². The van der Waals surface area contributed by atoms with E-state index in [0.717, 1.165) is 11.4 Å². The highest BCUT2D eigenvalue weighted by molar-refractivity contribution is 5.94. The fraction of sp³-hybridized carbons (Fsp3) is 0.154. The van der Waals surface area contributed by atoms with Crippen LogP contribution in [0.15, 0.2) is 91.3 Å². The van der Waals surface area contributed by atoms with E-state index in [-0.39, 0.29) is 11.3 Å². The Balaban J connectivity index is 1.68. The van der Waals surface area contributed by atoms with Gasteiger partial charge in [0.2, 0.25) is 0 Å². The van der Waals surface area contributed by atoms with Crippen molar-refractivity contribution in [2.24, 2.45) is 5.92 Å². The topological polar surface area (TPSA) is 25.8 Å². The van der Waals surface area contributed by atoms with Crippen molar-refractivity contribution in [3.8, 4) is 0 Å². The molecule has 2 heterocycles. The van der Waals surface area contributed by atoms with Crippen LogP contribution in [0.1, 0.15) is 25.2 Å². The monoisotopic (exact) mass is 362 g/mol. The second-order valence-corrected chi connectivity index (χ2v) is 7.75. The van der Waals surface area contributed by atoms with Crippen molar-refractivity contribution >= 4 is 27.1 Å². The molecule has 5 rings (SSSR count). The summed E-state index contributed by atoms with van der Waals surface area (Å²) >= 11 is 0. The number of rotatable bonds is 2. The van der Waals surface area contributed by atoms with E-state index in [2.05, 4.69) is 92.7 Å². The van der Waals surface area contributed by atoms with Crippen LogP contribution < -0.4 is 0 Å². The normalized spacial score (nSPS) is 21.8. The van der Waals surface area contributed by atoms with Gasteiger partial charge in [0, 0.05) is 28.6 Å². The maximum Gasteiger partial charge on any atom is 0.0743 e. The molecule has 0 saturated carbocycles. The van der Waals surface area contributed by atoms with Crippen molar-refractivity contribution in [3.05, 3.63) is 103 Å². The van der Waals surface area contributed by atoms with Gasteiger partial charge in [0.15, 0.2) is 0 Å². The van der Waals surface area contributed by atoms with E-state index in [1.807, 2.05) is 12.4 Å². The number of nitrogens with zero attached hydrogens (tertiary/aromatic N) is 2. The SMILES string of the molecule is CC1C(c2nccc3ccccc23)=CC=CC1(C)c1nccc2ccccc12. The minimum atomic E-state index is -0.205. The number of hydrogen-bond acceptors (Lipinski definition) is 2.